The van der Waals surface area contributed by atoms with Gasteiger partial charge in [-0.3, -0.25) is 9.59 Å². The highest BCUT2D eigenvalue weighted by Crippen LogP contribution is 2.61. The van der Waals surface area contributed by atoms with E-state index in [1.807, 2.05) is 6.92 Å². The predicted octanol–water partition coefficient (Wildman–Crippen LogP) is 2.03. The van der Waals surface area contributed by atoms with Crippen LogP contribution in [0.1, 0.15) is 70.1 Å². The highest BCUT2D eigenvalue weighted by molar-refractivity contribution is 5.84. The summed E-state index contributed by atoms with van der Waals surface area (Å²) in [5.74, 6) is 2.13. The summed E-state index contributed by atoms with van der Waals surface area (Å²) in [6.45, 7) is 5.21. The molecular weight excluding hydrogens is 320 g/mol. The maximum atomic E-state index is 13.2. The van der Waals surface area contributed by atoms with Crippen molar-refractivity contribution >= 4 is 11.8 Å². The lowest BCUT2D eigenvalue weighted by Crippen LogP contribution is -2.65. The monoisotopic (exact) mass is 346 g/mol. The van der Waals surface area contributed by atoms with Gasteiger partial charge in [0.15, 0.2) is 5.82 Å². The molecular formula is C18H26N4O3. The van der Waals surface area contributed by atoms with Crippen LogP contribution < -0.4 is 10.6 Å². The predicted molar refractivity (Wildman–Crippen MR) is 89.3 cm³/mol. The number of nitrogens with zero attached hydrogens (tertiary/aromatic N) is 2. The van der Waals surface area contributed by atoms with E-state index in [0.29, 0.717) is 23.6 Å². The van der Waals surface area contributed by atoms with Gasteiger partial charge in [-0.25, -0.2) is 0 Å². The zero-order valence-corrected chi connectivity index (χ0v) is 15.1. The Labute approximate surface area is 147 Å². The Bertz CT molecular complexity index is 699. The maximum absolute atomic E-state index is 13.2. The number of rotatable bonds is 4. The standard InChI is InChI=1S/C18H26N4O3/c1-10(15-20-11(2)22-25-15)19-16(24)17-5-13-4-14(6-17)8-18(7-13,9-17)21-12(3)23/h10,13-14H,4-9H2,1-3H3,(H,19,24)(H,21,23)/t10-,13-,14+,17?,18?/m0/s1. The summed E-state index contributed by atoms with van der Waals surface area (Å²) in [4.78, 5) is 29.1. The topological polar surface area (TPSA) is 97.1 Å². The Hall–Kier alpha value is -1.92. The second-order valence-corrected chi connectivity index (χ2v) is 8.58. The maximum Gasteiger partial charge on any atom is 0.248 e. The van der Waals surface area contributed by atoms with Gasteiger partial charge in [0, 0.05) is 12.5 Å². The molecule has 4 fully saturated rings. The number of nitrogens with one attached hydrogen (secondary N) is 2. The van der Waals surface area contributed by atoms with E-state index in [2.05, 4.69) is 20.8 Å². The lowest BCUT2D eigenvalue weighted by atomic mass is 9.46. The van der Waals surface area contributed by atoms with Gasteiger partial charge >= 0.3 is 0 Å². The summed E-state index contributed by atoms with van der Waals surface area (Å²) in [5.41, 5.74) is -0.576. The molecule has 1 aromatic rings. The summed E-state index contributed by atoms with van der Waals surface area (Å²) in [6, 6.07) is -0.307. The minimum absolute atomic E-state index is 0.00668. The van der Waals surface area contributed by atoms with Crippen molar-refractivity contribution < 1.29 is 14.1 Å². The van der Waals surface area contributed by atoms with Crippen LogP contribution in [-0.2, 0) is 9.59 Å². The highest BCUT2D eigenvalue weighted by Gasteiger charge is 2.61. The molecule has 4 aliphatic rings. The quantitative estimate of drug-likeness (QED) is 0.869. The van der Waals surface area contributed by atoms with E-state index < -0.39 is 0 Å². The van der Waals surface area contributed by atoms with Gasteiger partial charge in [-0.1, -0.05) is 5.16 Å². The van der Waals surface area contributed by atoms with Crippen molar-refractivity contribution in [2.75, 3.05) is 0 Å². The molecule has 5 rings (SSSR count). The minimum atomic E-state index is -0.379. The number of amides is 2. The normalized spacial score (nSPS) is 36.9. The lowest BCUT2D eigenvalue weighted by Gasteiger charge is -2.61. The van der Waals surface area contributed by atoms with E-state index in [0.717, 1.165) is 32.1 Å². The molecule has 1 heterocycles. The van der Waals surface area contributed by atoms with Crippen molar-refractivity contribution in [3.05, 3.63) is 11.7 Å². The Morgan fingerprint density at radius 3 is 2.48 bits per heavy atom. The van der Waals surface area contributed by atoms with Gasteiger partial charge in [0.2, 0.25) is 17.7 Å². The Morgan fingerprint density at radius 1 is 1.24 bits per heavy atom. The third kappa shape index (κ3) is 2.83. The fraction of sp³-hybridized carbons (Fsp3) is 0.778. The molecule has 4 saturated carbocycles. The first-order valence-electron chi connectivity index (χ1n) is 9.19. The highest BCUT2D eigenvalue weighted by atomic mass is 16.5. The molecule has 7 heteroatoms. The van der Waals surface area contributed by atoms with Crippen molar-refractivity contribution in [3.8, 4) is 0 Å². The van der Waals surface area contributed by atoms with Gasteiger partial charge in [0.25, 0.3) is 0 Å². The summed E-state index contributed by atoms with van der Waals surface area (Å²) in [7, 11) is 0. The van der Waals surface area contributed by atoms with Crippen molar-refractivity contribution in [1.29, 1.82) is 0 Å². The Morgan fingerprint density at radius 2 is 1.92 bits per heavy atom. The van der Waals surface area contributed by atoms with E-state index in [1.165, 1.54) is 6.42 Å². The second kappa shape index (κ2) is 5.54. The summed E-state index contributed by atoms with van der Waals surface area (Å²) in [6.07, 6.45) is 5.80. The molecule has 0 aromatic carbocycles. The van der Waals surface area contributed by atoms with Crippen molar-refractivity contribution in [2.45, 2.75) is 70.9 Å². The van der Waals surface area contributed by atoms with E-state index in [9.17, 15) is 9.59 Å². The number of carbonyl (C=O) groups excluding carboxylic acids is 2. The van der Waals surface area contributed by atoms with E-state index >= 15 is 0 Å². The molecule has 4 aliphatic carbocycles. The van der Waals surface area contributed by atoms with E-state index in [1.54, 1.807) is 13.8 Å². The van der Waals surface area contributed by atoms with Crippen molar-refractivity contribution in [1.82, 2.24) is 20.8 Å². The molecule has 4 bridgehead atoms. The second-order valence-electron chi connectivity index (χ2n) is 8.58. The Balaban J connectivity index is 1.54. The van der Waals surface area contributed by atoms with Crippen LogP contribution in [0.15, 0.2) is 4.52 Å². The first kappa shape index (κ1) is 16.5. The average molecular weight is 346 g/mol. The largest absolute Gasteiger partial charge is 0.351 e. The minimum Gasteiger partial charge on any atom is -0.351 e. The van der Waals surface area contributed by atoms with Crippen LogP contribution in [0.5, 0.6) is 0 Å². The molecule has 25 heavy (non-hydrogen) atoms. The van der Waals surface area contributed by atoms with Gasteiger partial charge < -0.3 is 15.2 Å². The first-order chi connectivity index (χ1) is 11.8. The number of aromatic nitrogens is 2. The zero-order chi connectivity index (χ0) is 17.8. The van der Waals surface area contributed by atoms with Crippen LogP contribution in [0.25, 0.3) is 0 Å². The fourth-order valence-corrected chi connectivity index (χ4v) is 5.95. The summed E-state index contributed by atoms with van der Waals surface area (Å²) >= 11 is 0. The number of carbonyl (C=O) groups is 2. The van der Waals surface area contributed by atoms with Crippen molar-refractivity contribution in [3.63, 3.8) is 0 Å². The van der Waals surface area contributed by atoms with E-state index in [-0.39, 0.29) is 28.8 Å². The van der Waals surface area contributed by atoms with Crippen LogP contribution >= 0.6 is 0 Å². The first-order valence-corrected chi connectivity index (χ1v) is 9.19. The lowest BCUT2D eigenvalue weighted by molar-refractivity contribution is -0.153. The average Bonchev–Trinajstić information content (AvgIpc) is 2.91. The Kier molecular flexibility index (Phi) is 3.67. The molecule has 5 atom stereocenters. The SMILES string of the molecule is CC(=O)NC12C[C@H]3C[C@@H](C1)CC(C(=O)N[C@@H](C)c1nc(C)no1)(C3)C2. The van der Waals surface area contributed by atoms with Crippen LogP contribution in [0, 0.1) is 24.2 Å². The van der Waals surface area contributed by atoms with Gasteiger partial charge in [-0.2, -0.15) is 4.98 Å². The van der Waals surface area contributed by atoms with Crippen LogP contribution in [0.2, 0.25) is 0 Å². The van der Waals surface area contributed by atoms with Gasteiger partial charge in [0.05, 0.1) is 5.41 Å². The summed E-state index contributed by atoms with van der Waals surface area (Å²) in [5, 5.41) is 10.1. The zero-order valence-electron chi connectivity index (χ0n) is 15.1. The molecule has 0 saturated heterocycles. The molecule has 0 aliphatic heterocycles. The van der Waals surface area contributed by atoms with Gasteiger partial charge in [-0.05, 0) is 64.2 Å². The molecule has 7 nitrogen and oxygen atoms in total. The third-order valence-electron chi connectivity index (χ3n) is 6.25. The molecule has 136 valence electrons. The van der Waals surface area contributed by atoms with Gasteiger partial charge in [-0.15, -0.1) is 0 Å². The number of aryl methyl sites for hydroxylation is 1. The van der Waals surface area contributed by atoms with Crippen molar-refractivity contribution in [2.24, 2.45) is 17.3 Å². The third-order valence-corrected chi connectivity index (χ3v) is 6.25. The number of hydrogen-bond acceptors (Lipinski definition) is 5. The molecule has 0 radical (unpaired) electrons. The molecule has 1 aromatic heterocycles. The molecule has 2 unspecified atom stereocenters. The van der Waals surface area contributed by atoms with Crippen LogP contribution in [0.4, 0.5) is 0 Å². The van der Waals surface area contributed by atoms with Crippen LogP contribution in [-0.4, -0.2) is 27.5 Å². The molecule has 0 spiro atoms. The van der Waals surface area contributed by atoms with E-state index in [4.69, 9.17) is 4.52 Å². The number of hydrogen-bond donors (Lipinski definition) is 2. The molecule has 2 N–H and O–H groups in total. The fourth-order valence-electron chi connectivity index (χ4n) is 5.95. The summed E-state index contributed by atoms with van der Waals surface area (Å²) < 4.78 is 5.19. The smallest absolute Gasteiger partial charge is 0.248 e. The van der Waals surface area contributed by atoms with Crippen LogP contribution in [0.3, 0.4) is 0 Å². The molecule has 2 amide bonds. The van der Waals surface area contributed by atoms with Gasteiger partial charge in [0.1, 0.15) is 6.04 Å².